The first-order valence-electron chi connectivity index (χ1n) is 8.16. The van der Waals surface area contributed by atoms with Gasteiger partial charge in [-0.05, 0) is 43.3 Å². The van der Waals surface area contributed by atoms with Gasteiger partial charge in [-0.2, -0.15) is 0 Å². The molecule has 26 heavy (non-hydrogen) atoms. The van der Waals surface area contributed by atoms with Gasteiger partial charge in [0.15, 0.2) is 0 Å². The molecule has 1 aliphatic heterocycles. The molecule has 2 N–H and O–H groups in total. The third kappa shape index (κ3) is 4.75. The molecule has 0 aliphatic carbocycles. The lowest BCUT2D eigenvalue weighted by atomic mass is 10.1. The summed E-state index contributed by atoms with van der Waals surface area (Å²) in [5.74, 6) is -0.0363. The molecule has 140 valence electrons. The second kappa shape index (κ2) is 8.53. The Morgan fingerprint density at radius 1 is 1.12 bits per heavy atom. The third-order valence-corrected chi connectivity index (χ3v) is 5.49. The highest BCUT2D eigenvalue weighted by atomic mass is 35.5. The quantitative estimate of drug-likeness (QED) is 0.832. The van der Waals surface area contributed by atoms with Crippen LogP contribution in [0.5, 0.6) is 0 Å². The molecule has 0 aromatic heterocycles. The maximum absolute atomic E-state index is 12.5. The SMILES string of the molecule is CC1CN(C(=O)c2ccc(NS(=O)(=O)c3ccccc3)cc2)CCN1.Cl. The fourth-order valence-electron chi connectivity index (χ4n) is 2.79. The monoisotopic (exact) mass is 395 g/mol. The van der Waals surface area contributed by atoms with Crippen molar-refractivity contribution in [1.82, 2.24) is 10.2 Å². The molecule has 6 nitrogen and oxygen atoms in total. The fourth-order valence-corrected chi connectivity index (χ4v) is 3.87. The predicted octanol–water partition coefficient (Wildman–Crippen LogP) is 2.34. The average molecular weight is 396 g/mol. The summed E-state index contributed by atoms with van der Waals surface area (Å²) in [5, 5.41) is 3.30. The van der Waals surface area contributed by atoms with Crippen molar-refractivity contribution in [3.63, 3.8) is 0 Å². The Balaban J connectivity index is 0.00000243. The zero-order valence-electron chi connectivity index (χ0n) is 14.4. The maximum Gasteiger partial charge on any atom is 0.261 e. The molecule has 1 amide bonds. The van der Waals surface area contributed by atoms with Gasteiger partial charge in [0, 0.05) is 36.9 Å². The molecule has 1 fully saturated rings. The minimum atomic E-state index is -3.63. The number of rotatable bonds is 4. The number of nitrogens with one attached hydrogen (secondary N) is 2. The highest BCUT2D eigenvalue weighted by Gasteiger charge is 2.21. The molecule has 2 aromatic rings. The Labute approximate surface area is 160 Å². The van der Waals surface area contributed by atoms with Gasteiger partial charge in [-0.1, -0.05) is 18.2 Å². The van der Waals surface area contributed by atoms with Crippen LogP contribution in [0.2, 0.25) is 0 Å². The Morgan fingerprint density at radius 3 is 2.38 bits per heavy atom. The number of carbonyl (C=O) groups excluding carboxylic acids is 1. The molecule has 0 bridgehead atoms. The number of hydrogen-bond acceptors (Lipinski definition) is 4. The van der Waals surface area contributed by atoms with Gasteiger partial charge in [-0.3, -0.25) is 9.52 Å². The van der Waals surface area contributed by atoms with E-state index >= 15 is 0 Å². The van der Waals surface area contributed by atoms with E-state index in [-0.39, 0.29) is 29.3 Å². The van der Waals surface area contributed by atoms with E-state index in [9.17, 15) is 13.2 Å². The average Bonchev–Trinajstić information content (AvgIpc) is 2.62. The van der Waals surface area contributed by atoms with Crippen LogP contribution < -0.4 is 10.0 Å². The third-order valence-electron chi connectivity index (χ3n) is 4.09. The molecule has 1 aliphatic rings. The summed E-state index contributed by atoms with van der Waals surface area (Å²) in [7, 11) is -3.63. The first-order valence-corrected chi connectivity index (χ1v) is 9.64. The summed E-state index contributed by atoms with van der Waals surface area (Å²) >= 11 is 0. The summed E-state index contributed by atoms with van der Waals surface area (Å²) in [6.07, 6.45) is 0. The first-order chi connectivity index (χ1) is 12.0. The van der Waals surface area contributed by atoms with Gasteiger partial charge in [0.05, 0.1) is 4.90 Å². The minimum Gasteiger partial charge on any atom is -0.336 e. The summed E-state index contributed by atoms with van der Waals surface area (Å²) in [6.45, 7) is 4.16. The molecule has 8 heteroatoms. The smallest absolute Gasteiger partial charge is 0.261 e. The normalized spacial score (nSPS) is 17.3. The highest BCUT2D eigenvalue weighted by Crippen LogP contribution is 2.17. The van der Waals surface area contributed by atoms with Crippen LogP contribution in [0, 0.1) is 0 Å². The van der Waals surface area contributed by atoms with Crippen LogP contribution in [-0.2, 0) is 10.0 Å². The molecule has 3 rings (SSSR count). The van der Waals surface area contributed by atoms with Gasteiger partial charge in [0.1, 0.15) is 0 Å². The molecule has 1 atom stereocenters. The van der Waals surface area contributed by atoms with Crippen molar-refractivity contribution in [3.8, 4) is 0 Å². The number of benzene rings is 2. The van der Waals surface area contributed by atoms with Gasteiger partial charge in [-0.25, -0.2) is 8.42 Å². The first kappa shape index (κ1) is 20.2. The van der Waals surface area contributed by atoms with Crippen molar-refractivity contribution in [2.75, 3.05) is 24.4 Å². The largest absolute Gasteiger partial charge is 0.336 e. The topological polar surface area (TPSA) is 78.5 Å². The highest BCUT2D eigenvalue weighted by molar-refractivity contribution is 7.92. The number of halogens is 1. The predicted molar refractivity (Wildman–Crippen MR) is 104 cm³/mol. The number of carbonyl (C=O) groups is 1. The van der Waals surface area contributed by atoms with E-state index in [1.807, 2.05) is 11.8 Å². The molecule has 1 heterocycles. The Hall–Kier alpha value is -2.09. The molecule has 2 aromatic carbocycles. The number of piperazine rings is 1. The van der Waals surface area contributed by atoms with Crippen LogP contribution in [0.3, 0.4) is 0 Å². The van der Waals surface area contributed by atoms with Crippen LogP contribution in [0.15, 0.2) is 59.5 Å². The van der Waals surface area contributed by atoms with E-state index in [1.54, 1.807) is 42.5 Å². The number of nitrogens with zero attached hydrogens (tertiary/aromatic N) is 1. The second-order valence-corrected chi connectivity index (χ2v) is 7.78. The van der Waals surface area contributed by atoms with Crippen LogP contribution in [0.1, 0.15) is 17.3 Å². The zero-order chi connectivity index (χ0) is 17.9. The van der Waals surface area contributed by atoms with Crippen molar-refractivity contribution in [2.24, 2.45) is 0 Å². The molecular weight excluding hydrogens is 374 g/mol. The number of sulfonamides is 1. The van der Waals surface area contributed by atoms with Gasteiger partial charge in [0.2, 0.25) is 0 Å². The van der Waals surface area contributed by atoms with E-state index in [0.29, 0.717) is 24.3 Å². The van der Waals surface area contributed by atoms with E-state index in [4.69, 9.17) is 0 Å². The summed E-state index contributed by atoms with van der Waals surface area (Å²) in [4.78, 5) is 14.5. The van der Waals surface area contributed by atoms with Crippen LogP contribution >= 0.6 is 12.4 Å². The van der Waals surface area contributed by atoms with Gasteiger partial charge >= 0.3 is 0 Å². The Bertz CT molecular complexity index is 842. The van der Waals surface area contributed by atoms with E-state index in [2.05, 4.69) is 10.0 Å². The van der Waals surface area contributed by atoms with Gasteiger partial charge < -0.3 is 10.2 Å². The van der Waals surface area contributed by atoms with Crippen molar-refractivity contribution in [1.29, 1.82) is 0 Å². The van der Waals surface area contributed by atoms with Crippen molar-refractivity contribution in [2.45, 2.75) is 17.9 Å². The summed E-state index contributed by atoms with van der Waals surface area (Å²) in [5.41, 5.74) is 0.978. The van der Waals surface area contributed by atoms with E-state index < -0.39 is 10.0 Å². The number of hydrogen-bond donors (Lipinski definition) is 2. The van der Waals surface area contributed by atoms with Gasteiger partial charge in [-0.15, -0.1) is 12.4 Å². The zero-order valence-corrected chi connectivity index (χ0v) is 16.0. The van der Waals surface area contributed by atoms with Gasteiger partial charge in [0.25, 0.3) is 15.9 Å². The lowest BCUT2D eigenvalue weighted by Crippen LogP contribution is -2.51. The minimum absolute atomic E-state index is 0. The van der Waals surface area contributed by atoms with Crippen molar-refractivity contribution < 1.29 is 13.2 Å². The fraction of sp³-hybridized carbons (Fsp3) is 0.278. The van der Waals surface area contributed by atoms with Crippen LogP contribution in [0.25, 0.3) is 0 Å². The number of anilines is 1. The summed E-state index contributed by atoms with van der Waals surface area (Å²) < 4.78 is 27.1. The Kier molecular flexibility index (Phi) is 6.63. The molecular formula is C18H22ClN3O3S. The number of amides is 1. The maximum atomic E-state index is 12.5. The molecule has 1 unspecified atom stereocenters. The van der Waals surface area contributed by atoms with Crippen molar-refractivity contribution in [3.05, 3.63) is 60.2 Å². The second-order valence-electron chi connectivity index (χ2n) is 6.10. The lowest BCUT2D eigenvalue weighted by molar-refractivity contribution is 0.0709. The standard InChI is InChI=1S/C18H21N3O3S.ClH/c1-14-13-21(12-11-19-14)18(22)15-7-9-16(10-8-15)20-25(23,24)17-5-3-2-4-6-17;/h2-10,14,19-20H,11-13H2,1H3;1H. The van der Waals surface area contributed by atoms with E-state index in [0.717, 1.165) is 6.54 Å². The molecule has 0 radical (unpaired) electrons. The summed E-state index contributed by atoms with van der Waals surface area (Å²) in [6, 6.07) is 15.0. The van der Waals surface area contributed by atoms with Crippen LogP contribution in [-0.4, -0.2) is 44.9 Å². The molecule has 0 saturated carbocycles. The molecule has 1 saturated heterocycles. The molecule has 0 spiro atoms. The Morgan fingerprint density at radius 2 is 1.77 bits per heavy atom. The van der Waals surface area contributed by atoms with Crippen molar-refractivity contribution >= 4 is 34.0 Å². The van der Waals surface area contributed by atoms with E-state index in [1.165, 1.54) is 12.1 Å². The van der Waals surface area contributed by atoms with Crippen LogP contribution in [0.4, 0.5) is 5.69 Å². The lowest BCUT2D eigenvalue weighted by Gasteiger charge is -2.32.